The molecule has 0 spiro atoms. The third kappa shape index (κ3) is 4.99. The number of amides is 1. The zero-order chi connectivity index (χ0) is 20.8. The molecule has 4 rings (SSSR count). The van der Waals surface area contributed by atoms with E-state index in [2.05, 4.69) is 20.6 Å². The molecule has 0 radical (unpaired) electrons. The number of ether oxygens (including phenoxy) is 1. The third-order valence-electron chi connectivity index (χ3n) is 4.27. The Kier molecular flexibility index (Phi) is 5.66. The second-order valence-corrected chi connectivity index (χ2v) is 6.67. The molecule has 1 amide bonds. The summed E-state index contributed by atoms with van der Waals surface area (Å²) in [7, 11) is 0. The summed E-state index contributed by atoms with van der Waals surface area (Å²) < 4.78 is 5.78. The van der Waals surface area contributed by atoms with Crippen LogP contribution in [0.4, 0.5) is 17.2 Å². The molecule has 0 unspecified atom stereocenters. The summed E-state index contributed by atoms with van der Waals surface area (Å²) in [5.41, 5.74) is 2.87. The first-order valence-corrected chi connectivity index (χ1v) is 9.46. The number of nitrogens with zero attached hydrogens (tertiary/aromatic N) is 2. The molecule has 3 aromatic carbocycles. The minimum Gasteiger partial charge on any atom is -0.457 e. The van der Waals surface area contributed by atoms with Gasteiger partial charge in [-0.2, -0.15) is 0 Å². The van der Waals surface area contributed by atoms with Crippen LogP contribution in [0.5, 0.6) is 11.5 Å². The van der Waals surface area contributed by atoms with Gasteiger partial charge in [-0.15, -0.1) is 0 Å². The van der Waals surface area contributed by atoms with Gasteiger partial charge in [0.05, 0.1) is 12.4 Å². The van der Waals surface area contributed by atoms with E-state index in [0.717, 1.165) is 28.4 Å². The Hall–Kier alpha value is -4.19. The number of carbonyl (C=O) groups excluding carboxylic acids is 1. The van der Waals surface area contributed by atoms with Gasteiger partial charge in [0.15, 0.2) is 0 Å². The van der Waals surface area contributed by atoms with Crippen LogP contribution in [0, 0.1) is 6.92 Å². The number of para-hydroxylation sites is 1. The van der Waals surface area contributed by atoms with Crippen LogP contribution in [0.2, 0.25) is 0 Å². The van der Waals surface area contributed by atoms with E-state index >= 15 is 0 Å². The van der Waals surface area contributed by atoms with Crippen molar-refractivity contribution in [2.24, 2.45) is 0 Å². The molecule has 0 aliphatic rings. The van der Waals surface area contributed by atoms with Crippen molar-refractivity contribution >= 4 is 23.1 Å². The van der Waals surface area contributed by atoms with E-state index in [1.165, 1.54) is 12.4 Å². The lowest BCUT2D eigenvalue weighted by Gasteiger charge is -2.09. The summed E-state index contributed by atoms with van der Waals surface area (Å²) >= 11 is 0. The van der Waals surface area contributed by atoms with Gasteiger partial charge in [-0.05, 0) is 61.0 Å². The van der Waals surface area contributed by atoms with Gasteiger partial charge in [0.25, 0.3) is 5.91 Å². The molecular formula is C24H20N4O2. The fraction of sp³-hybridized carbons (Fsp3) is 0.0417. The van der Waals surface area contributed by atoms with Crippen LogP contribution in [0.3, 0.4) is 0 Å². The Morgan fingerprint density at radius 1 is 0.800 bits per heavy atom. The molecule has 0 aliphatic heterocycles. The number of aryl methyl sites for hydroxylation is 1. The van der Waals surface area contributed by atoms with E-state index in [0.29, 0.717) is 5.82 Å². The summed E-state index contributed by atoms with van der Waals surface area (Å²) in [6.45, 7) is 1.97. The standard InChI is InChI=1S/C24H20N4O2/c1-17-6-5-7-19(14-17)28-24(29)22-15-26-23(16-25-22)27-18-10-12-21(13-11-18)30-20-8-3-2-4-9-20/h2-16H,1H3,(H,26,27)(H,28,29). The molecule has 0 atom stereocenters. The van der Waals surface area contributed by atoms with Gasteiger partial charge in [0.1, 0.15) is 23.0 Å². The lowest BCUT2D eigenvalue weighted by atomic mass is 10.2. The van der Waals surface area contributed by atoms with Gasteiger partial charge in [0, 0.05) is 11.4 Å². The van der Waals surface area contributed by atoms with Crippen LogP contribution in [0.1, 0.15) is 16.1 Å². The quantitative estimate of drug-likeness (QED) is 0.445. The van der Waals surface area contributed by atoms with E-state index in [-0.39, 0.29) is 11.6 Å². The van der Waals surface area contributed by atoms with Crippen molar-refractivity contribution in [1.29, 1.82) is 0 Å². The summed E-state index contributed by atoms with van der Waals surface area (Å²) in [6, 6.07) is 24.7. The molecule has 6 nitrogen and oxygen atoms in total. The Bertz CT molecular complexity index is 1130. The molecule has 148 valence electrons. The number of carbonyl (C=O) groups is 1. The zero-order valence-corrected chi connectivity index (χ0v) is 16.4. The summed E-state index contributed by atoms with van der Waals surface area (Å²) in [5.74, 6) is 1.76. The number of nitrogens with one attached hydrogen (secondary N) is 2. The van der Waals surface area contributed by atoms with Crippen molar-refractivity contribution in [3.05, 3.63) is 103 Å². The van der Waals surface area contributed by atoms with Gasteiger partial charge in [-0.25, -0.2) is 9.97 Å². The highest BCUT2D eigenvalue weighted by molar-refractivity contribution is 6.02. The van der Waals surface area contributed by atoms with E-state index in [9.17, 15) is 4.79 Å². The maximum Gasteiger partial charge on any atom is 0.275 e. The number of anilines is 3. The highest BCUT2D eigenvalue weighted by Crippen LogP contribution is 2.23. The minimum atomic E-state index is -0.304. The minimum absolute atomic E-state index is 0.244. The maximum atomic E-state index is 12.3. The molecule has 1 aromatic heterocycles. The van der Waals surface area contributed by atoms with Crippen molar-refractivity contribution < 1.29 is 9.53 Å². The first kappa shape index (κ1) is 19.1. The van der Waals surface area contributed by atoms with Crippen molar-refractivity contribution in [3.63, 3.8) is 0 Å². The molecule has 0 saturated heterocycles. The van der Waals surface area contributed by atoms with Crippen LogP contribution in [-0.4, -0.2) is 15.9 Å². The molecule has 0 bridgehead atoms. The normalized spacial score (nSPS) is 10.3. The highest BCUT2D eigenvalue weighted by atomic mass is 16.5. The van der Waals surface area contributed by atoms with Gasteiger partial charge in [0.2, 0.25) is 0 Å². The second-order valence-electron chi connectivity index (χ2n) is 6.67. The zero-order valence-electron chi connectivity index (χ0n) is 16.4. The lowest BCUT2D eigenvalue weighted by molar-refractivity contribution is 0.102. The van der Waals surface area contributed by atoms with Crippen molar-refractivity contribution in [2.45, 2.75) is 6.92 Å². The fourth-order valence-corrected chi connectivity index (χ4v) is 2.81. The van der Waals surface area contributed by atoms with E-state index < -0.39 is 0 Å². The van der Waals surface area contributed by atoms with Gasteiger partial charge >= 0.3 is 0 Å². The predicted molar refractivity (Wildman–Crippen MR) is 117 cm³/mol. The maximum absolute atomic E-state index is 12.3. The monoisotopic (exact) mass is 396 g/mol. The van der Waals surface area contributed by atoms with E-state index in [1.54, 1.807) is 0 Å². The molecule has 0 saturated carbocycles. The van der Waals surface area contributed by atoms with Crippen LogP contribution >= 0.6 is 0 Å². The number of rotatable bonds is 6. The van der Waals surface area contributed by atoms with Crippen LogP contribution in [0.15, 0.2) is 91.3 Å². The Balaban J connectivity index is 1.36. The number of hydrogen-bond donors (Lipinski definition) is 2. The highest BCUT2D eigenvalue weighted by Gasteiger charge is 2.09. The SMILES string of the molecule is Cc1cccc(NC(=O)c2cnc(Nc3ccc(Oc4ccccc4)cc3)cn2)c1. The van der Waals surface area contributed by atoms with E-state index in [4.69, 9.17) is 4.74 Å². The number of hydrogen-bond acceptors (Lipinski definition) is 5. The Labute approximate surface area is 174 Å². The average Bonchev–Trinajstić information content (AvgIpc) is 2.76. The van der Waals surface area contributed by atoms with Gasteiger partial charge in [-0.1, -0.05) is 30.3 Å². The summed E-state index contributed by atoms with van der Waals surface area (Å²) in [4.78, 5) is 20.8. The summed E-state index contributed by atoms with van der Waals surface area (Å²) in [6.07, 6.45) is 2.97. The average molecular weight is 396 g/mol. The second kappa shape index (κ2) is 8.87. The topological polar surface area (TPSA) is 76.1 Å². The van der Waals surface area contributed by atoms with Gasteiger partial charge < -0.3 is 15.4 Å². The first-order valence-electron chi connectivity index (χ1n) is 9.46. The molecule has 30 heavy (non-hydrogen) atoms. The predicted octanol–water partition coefficient (Wildman–Crippen LogP) is 5.57. The van der Waals surface area contributed by atoms with Crippen LogP contribution in [-0.2, 0) is 0 Å². The van der Waals surface area contributed by atoms with Crippen molar-refractivity contribution in [2.75, 3.05) is 10.6 Å². The molecular weight excluding hydrogens is 376 g/mol. The van der Waals surface area contributed by atoms with Crippen LogP contribution < -0.4 is 15.4 Å². The molecule has 0 fully saturated rings. The third-order valence-corrected chi connectivity index (χ3v) is 4.27. The largest absolute Gasteiger partial charge is 0.457 e. The molecule has 0 aliphatic carbocycles. The Morgan fingerprint density at radius 3 is 2.27 bits per heavy atom. The Morgan fingerprint density at radius 2 is 1.57 bits per heavy atom. The lowest BCUT2D eigenvalue weighted by Crippen LogP contribution is -2.14. The molecule has 4 aromatic rings. The van der Waals surface area contributed by atoms with Gasteiger partial charge in [-0.3, -0.25) is 4.79 Å². The van der Waals surface area contributed by atoms with Crippen LogP contribution in [0.25, 0.3) is 0 Å². The summed E-state index contributed by atoms with van der Waals surface area (Å²) in [5, 5.41) is 5.98. The number of benzene rings is 3. The fourth-order valence-electron chi connectivity index (χ4n) is 2.81. The number of aromatic nitrogens is 2. The molecule has 6 heteroatoms. The van der Waals surface area contributed by atoms with E-state index in [1.807, 2.05) is 85.8 Å². The van der Waals surface area contributed by atoms with Crippen molar-refractivity contribution in [1.82, 2.24) is 9.97 Å². The molecule has 1 heterocycles. The smallest absolute Gasteiger partial charge is 0.275 e. The van der Waals surface area contributed by atoms with Crippen molar-refractivity contribution in [3.8, 4) is 11.5 Å². The molecule has 2 N–H and O–H groups in total. The first-order chi connectivity index (χ1) is 14.7.